The Labute approximate surface area is 352 Å². The van der Waals surface area contributed by atoms with E-state index in [2.05, 4.69) is 195 Å². The molecule has 2 nitrogen and oxygen atoms in total. The highest BCUT2D eigenvalue weighted by Gasteiger charge is 2.39. The highest BCUT2D eigenvalue weighted by atomic mass is 32.1. The maximum Gasteiger partial charge on any atom is 0.137 e. The molecule has 0 unspecified atom stereocenters. The number of anilines is 3. The van der Waals surface area contributed by atoms with E-state index in [1.165, 1.54) is 75.8 Å². The first-order valence-corrected chi connectivity index (χ1v) is 22.0. The van der Waals surface area contributed by atoms with E-state index >= 15 is 0 Å². The van der Waals surface area contributed by atoms with E-state index in [0.29, 0.717) is 0 Å². The minimum absolute atomic E-state index is 0.0278. The molecule has 7 aromatic carbocycles. The molecule has 0 spiro atoms. The Balaban J connectivity index is 1.12. The quantitative estimate of drug-likeness (QED) is 0.177. The monoisotopic (exact) mass is 785 g/mol. The molecule has 0 fully saturated rings. The first-order valence-electron chi connectivity index (χ1n) is 21.2. The van der Waals surface area contributed by atoms with Crippen LogP contribution in [0.2, 0.25) is 0 Å². The minimum Gasteiger partial charge on any atom is -0.456 e. The fraction of sp³-hybridized carbons (Fsp3) is 0.250. The van der Waals surface area contributed by atoms with Crippen LogP contribution in [0.1, 0.15) is 103 Å². The number of furan rings is 1. The first kappa shape index (κ1) is 36.4. The molecule has 9 aromatic rings. The SMILES string of the molecule is CC(C)(C)c1cc(C(C)(C)C)c2sc3c4c(ccc3c2c1)C(C)(C)c1cc(N(c2ccc3c(c2)C(C)(C)c2ccccc2-3)c2ccc3c(c2)oc2ccccc23)ccc1-4. The van der Waals surface area contributed by atoms with Gasteiger partial charge in [-0.3, -0.25) is 0 Å². The first-order chi connectivity index (χ1) is 28.0. The molecule has 0 saturated carbocycles. The lowest BCUT2D eigenvalue weighted by molar-refractivity contribution is 0.573. The normalized spacial score (nSPS) is 15.2. The number of fused-ring (bicyclic) bond motifs is 13. The van der Waals surface area contributed by atoms with Crippen LogP contribution in [0.15, 0.2) is 132 Å². The molecular formula is C56H51NOS. The summed E-state index contributed by atoms with van der Waals surface area (Å²) < 4.78 is 9.34. The van der Waals surface area contributed by atoms with E-state index in [-0.39, 0.29) is 21.7 Å². The number of nitrogens with zero attached hydrogens (tertiary/aromatic N) is 1. The lowest BCUT2D eigenvalue weighted by Gasteiger charge is -2.29. The van der Waals surface area contributed by atoms with Gasteiger partial charge in [0.2, 0.25) is 0 Å². The van der Waals surface area contributed by atoms with Gasteiger partial charge in [-0.15, -0.1) is 11.3 Å². The molecule has 0 bridgehead atoms. The third-order valence-corrected chi connectivity index (χ3v) is 15.0. The molecule has 59 heavy (non-hydrogen) atoms. The van der Waals surface area contributed by atoms with Gasteiger partial charge in [-0.2, -0.15) is 0 Å². The summed E-state index contributed by atoms with van der Waals surface area (Å²) in [6, 6.07) is 48.1. The molecule has 3 heteroatoms. The molecule has 0 atom stereocenters. The van der Waals surface area contributed by atoms with Crippen LogP contribution in [-0.2, 0) is 21.7 Å². The van der Waals surface area contributed by atoms with Crippen molar-refractivity contribution in [2.75, 3.05) is 4.90 Å². The summed E-state index contributed by atoms with van der Waals surface area (Å²) in [6.07, 6.45) is 0. The van der Waals surface area contributed by atoms with Crippen molar-refractivity contribution in [1.82, 2.24) is 0 Å². The number of hydrogen-bond donors (Lipinski definition) is 0. The molecule has 0 amide bonds. The van der Waals surface area contributed by atoms with Gasteiger partial charge in [0.15, 0.2) is 0 Å². The predicted octanol–water partition coefficient (Wildman–Crippen LogP) is 16.6. The molecule has 0 aliphatic heterocycles. The number of rotatable bonds is 3. The zero-order valence-corrected chi connectivity index (χ0v) is 36.7. The van der Waals surface area contributed by atoms with Crippen LogP contribution in [0.4, 0.5) is 17.1 Å². The van der Waals surface area contributed by atoms with Crippen LogP contribution < -0.4 is 4.90 Å². The topological polar surface area (TPSA) is 16.4 Å². The molecule has 11 rings (SSSR count). The maximum absolute atomic E-state index is 6.51. The smallest absolute Gasteiger partial charge is 0.137 e. The van der Waals surface area contributed by atoms with Crippen LogP contribution in [-0.4, -0.2) is 0 Å². The van der Waals surface area contributed by atoms with Gasteiger partial charge in [0.25, 0.3) is 0 Å². The second-order valence-electron chi connectivity index (χ2n) is 20.2. The molecule has 0 radical (unpaired) electrons. The predicted molar refractivity (Wildman–Crippen MR) is 254 cm³/mol. The van der Waals surface area contributed by atoms with Crippen LogP contribution in [0, 0.1) is 0 Å². The fourth-order valence-corrected chi connectivity index (χ4v) is 12.0. The summed E-state index contributed by atoms with van der Waals surface area (Å²) in [4.78, 5) is 2.45. The molecule has 292 valence electrons. The van der Waals surface area contributed by atoms with Crippen molar-refractivity contribution in [3.63, 3.8) is 0 Å². The van der Waals surface area contributed by atoms with E-state index in [1.807, 2.05) is 17.4 Å². The average molecular weight is 786 g/mol. The molecule has 2 aliphatic carbocycles. The summed E-state index contributed by atoms with van der Waals surface area (Å²) >= 11 is 2.00. The van der Waals surface area contributed by atoms with Gasteiger partial charge in [0.05, 0.1) is 0 Å². The van der Waals surface area contributed by atoms with E-state index in [1.54, 1.807) is 0 Å². The lowest BCUT2D eigenvalue weighted by atomic mass is 9.79. The maximum atomic E-state index is 6.51. The van der Waals surface area contributed by atoms with Crippen molar-refractivity contribution in [3.8, 4) is 22.3 Å². The van der Waals surface area contributed by atoms with Gasteiger partial charge in [-0.05, 0) is 109 Å². The van der Waals surface area contributed by atoms with E-state index in [0.717, 1.165) is 39.0 Å². The van der Waals surface area contributed by atoms with Crippen molar-refractivity contribution < 1.29 is 4.42 Å². The highest BCUT2D eigenvalue weighted by Crippen LogP contribution is 2.57. The zero-order chi connectivity index (χ0) is 41.0. The third kappa shape index (κ3) is 5.16. The molecule has 2 aliphatic rings. The van der Waals surface area contributed by atoms with Crippen LogP contribution in [0.5, 0.6) is 0 Å². The Hall–Kier alpha value is -5.64. The minimum atomic E-state index is -0.190. The van der Waals surface area contributed by atoms with Crippen LogP contribution >= 0.6 is 11.3 Å². The Kier molecular flexibility index (Phi) is 7.40. The Bertz CT molecular complexity index is 3240. The Morgan fingerprint density at radius 3 is 1.80 bits per heavy atom. The third-order valence-electron chi connectivity index (χ3n) is 13.7. The summed E-state index contributed by atoms with van der Waals surface area (Å²) in [7, 11) is 0. The summed E-state index contributed by atoms with van der Waals surface area (Å²) in [5.41, 5.74) is 18.7. The summed E-state index contributed by atoms with van der Waals surface area (Å²) in [6.45, 7) is 23.7. The Morgan fingerprint density at radius 2 is 1.05 bits per heavy atom. The van der Waals surface area contributed by atoms with Gasteiger partial charge in [-0.25, -0.2) is 0 Å². The molecule has 2 aromatic heterocycles. The molecule has 2 heterocycles. The molecule has 0 saturated heterocycles. The zero-order valence-electron chi connectivity index (χ0n) is 35.9. The second-order valence-corrected chi connectivity index (χ2v) is 21.3. The van der Waals surface area contributed by atoms with Crippen molar-refractivity contribution in [1.29, 1.82) is 0 Å². The lowest BCUT2D eigenvalue weighted by Crippen LogP contribution is -2.18. The van der Waals surface area contributed by atoms with E-state index in [9.17, 15) is 0 Å². The average Bonchev–Trinajstić information content (AvgIpc) is 3.89. The molecule has 0 N–H and O–H groups in total. The number of hydrogen-bond acceptors (Lipinski definition) is 3. The standard InChI is InChI=1S/C56H51NOS/c1-53(2,3)32-27-42-40-25-26-44-50(52(40)59-51(42)47(28-32)54(4,5)6)41-24-21-34(30-46(41)56(44,9)10)57(35-20-23-39-38-16-12-14-18-48(38)58-49(39)31-35)33-19-22-37-36-15-11-13-17-43(36)55(7,8)45(37)29-33/h11-31H,1-10H3. The highest BCUT2D eigenvalue weighted by molar-refractivity contribution is 7.26. The molecular weight excluding hydrogens is 735 g/mol. The van der Waals surface area contributed by atoms with Crippen LogP contribution in [0.25, 0.3) is 64.4 Å². The van der Waals surface area contributed by atoms with Crippen molar-refractivity contribution in [2.24, 2.45) is 0 Å². The van der Waals surface area contributed by atoms with E-state index in [4.69, 9.17) is 4.42 Å². The van der Waals surface area contributed by atoms with Gasteiger partial charge in [-0.1, -0.05) is 142 Å². The van der Waals surface area contributed by atoms with Crippen molar-refractivity contribution in [3.05, 3.63) is 161 Å². The fourth-order valence-electron chi connectivity index (χ4n) is 10.4. The number of thiophene rings is 1. The number of benzene rings is 7. The van der Waals surface area contributed by atoms with Gasteiger partial charge < -0.3 is 9.32 Å². The van der Waals surface area contributed by atoms with E-state index < -0.39 is 0 Å². The van der Waals surface area contributed by atoms with Crippen molar-refractivity contribution in [2.45, 2.75) is 90.9 Å². The van der Waals surface area contributed by atoms with Gasteiger partial charge in [0, 0.05) is 70.5 Å². The van der Waals surface area contributed by atoms with Gasteiger partial charge in [0.1, 0.15) is 11.2 Å². The summed E-state index contributed by atoms with van der Waals surface area (Å²) in [5.74, 6) is 0. The summed E-state index contributed by atoms with van der Waals surface area (Å²) in [5, 5.41) is 5.04. The van der Waals surface area contributed by atoms with Crippen LogP contribution in [0.3, 0.4) is 0 Å². The Morgan fingerprint density at radius 1 is 0.458 bits per heavy atom. The van der Waals surface area contributed by atoms with Crippen molar-refractivity contribution >= 4 is 70.5 Å². The largest absolute Gasteiger partial charge is 0.456 e. The second kappa shape index (κ2) is 12.0. The number of para-hydroxylation sites is 1. The van der Waals surface area contributed by atoms with Gasteiger partial charge >= 0.3 is 0 Å².